The van der Waals surface area contributed by atoms with Gasteiger partial charge in [-0.1, -0.05) is 17.7 Å². The summed E-state index contributed by atoms with van der Waals surface area (Å²) in [5, 5.41) is 15.5. The van der Waals surface area contributed by atoms with Gasteiger partial charge in [-0.25, -0.2) is 8.42 Å². The van der Waals surface area contributed by atoms with Crippen molar-refractivity contribution in [3.8, 4) is 6.07 Å². The molecular formula is C10H11N2O2S. The van der Waals surface area contributed by atoms with Crippen molar-refractivity contribution in [1.82, 2.24) is 5.14 Å². The molecular weight excluding hydrogens is 212 g/mol. The summed E-state index contributed by atoms with van der Waals surface area (Å²) in [6.45, 7) is 1.84. The monoisotopic (exact) mass is 223 g/mol. The Balaban J connectivity index is 3.22. The summed E-state index contributed by atoms with van der Waals surface area (Å²) in [6, 6.07) is 6.74. The van der Waals surface area contributed by atoms with Crippen LogP contribution < -0.4 is 5.14 Å². The van der Waals surface area contributed by atoms with Gasteiger partial charge in [0.1, 0.15) is 0 Å². The molecule has 0 heterocycles. The van der Waals surface area contributed by atoms with Crippen molar-refractivity contribution in [1.29, 1.82) is 5.26 Å². The maximum Gasteiger partial charge on any atom is 0.254 e. The number of nitrogens with one attached hydrogen (secondary N) is 1. The van der Waals surface area contributed by atoms with Crippen LogP contribution in [-0.2, 0) is 16.4 Å². The molecule has 15 heavy (non-hydrogen) atoms. The van der Waals surface area contributed by atoms with Crippen LogP contribution in [-0.4, -0.2) is 8.42 Å². The molecule has 1 aromatic carbocycles. The quantitative estimate of drug-likeness (QED) is 0.777. The number of hydrogen-bond donors (Lipinski definition) is 0. The van der Waals surface area contributed by atoms with Crippen LogP contribution in [0.2, 0.25) is 0 Å². The van der Waals surface area contributed by atoms with Gasteiger partial charge < -0.3 is 0 Å². The second-order valence-electron chi connectivity index (χ2n) is 3.27. The van der Waals surface area contributed by atoms with E-state index in [4.69, 9.17) is 10.4 Å². The number of aryl methyl sites for hydroxylation is 2. The summed E-state index contributed by atoms with van der Waals surface area (Å²) in [5.74, 6) is 0. The highest BCUT2D eigenvalue weighted by Gasteiger charge is 2.13. The molecule has 1 rings (SSSR count). The average molecular weight is 223 g/mol. The number of hydrogen-bond acceptors (Lipinski definition) is 3. The Labute approximate surface area is 89.4 Å². The maximum atomic E-state index is 11.1. The van der Waals surface area contributed by atoms with Crippen molar-refractivity contribution in [2.75, 3.05) is 0 Å². The van der Waals surface area contributed by atoms with Crippen molar-refractivity contribution in [3.05, 3.63) is 29.3 Å². The Bertz CT molecular complexity index is 501. The standard InChI is InChI=1S/C10H11N2O2S/c1-8-4-5-10(15(12,13)14)9(7-8)3-2-6-11/h4-5,7,12H,2-3H2,1H3. The van der Waals surface area contributed by atoms with Gasteiger partial charge in [-0.2, -0.15) is 5.26 Å². The van der Waals surface area contributed by atoms with E-state index in [0.29, 0.717) is 12.0 Å². The average Bonchev–Trinajstić information content (AvgIpc) is 2.12. The molecule has 0 saturated heterocycles. The first-order chi connectivity index (χ1) is 6.95. The van der Waals surface area contributed by atoms with Gasteiger partial charge in [0.05, 0.1) is 11.0 Å². The highest BCUT2D eigenvalue weighted by molar-refractivity contribution is 7.88. The molecule has 0 aliphatic carbocycles. The molecule has 4 nitrogen and oxygen atoms in total. The van der Waals surface area contributed by atoms with Crippen LogP contribution in [0.15, 0.2) is 23.1 Å². The van der Waals surface area contributed by atoms with Gasteiger partial charge in [-0.05, 0) is 25.0 Å². The van der Waals surface area contributed by atoms with Gasteiger partial charge >= 0.3 is 0 Å². The van der Waals surface area contributed by atoms with E-state index in [1.54, 1.807) is 12.1 Å². The van der Waals surface area contributed by atoms with Crippen LogP contribution in [0.25, 0.3) is 0 Å². The van der Waals surface area contributed by atoms with E-state index in [1.807, 2.05) is 13.0 Å². The zero-order chi connectivity index (χ0) is 11.5. The Kier molecular flexibility index (Phi) is 3.45. The van der Waals surface area contributed by atoms with Crippen molar-refractivity contribution in [3.63, 3.8) is 0 Å². The van der Waals surface area contributed by atoms with Crippen LogP contribution in [0.4, 0.5) is 0 Å². The minimum atomic E-state index is -3.94. The number of sulfonamides is 1. The molecule has 0 bridgehead atoms. The number of nitrogens with zero attached hydrogens (tertiary/aromatic N) is 1. The van der Waals surface area contributed by atoms with Crippen molar-refractivity contribution in [2.24, 2.45) is 0 Å². The molecule has 0 unspecified atom stereocenters. The van der Waals surface area contributed by atoms with Gasteiger partial charge in [-0.3, -0.25) is 0 Å². The molecule has 79 valence electrons. The molecule has 0 spiro atoms. The largest absolute Gasteiger partial charge is 0.254 e. The molecule has 0 amide bonds. The van der Waals surface area contributed by atoms with E-state index >= 15 is 0 Å². The van der Waals surface area contributed by atoms with Gasteiger partial charge in [-0.15, -0.1) is 5.14 Å². The zero-order valence-electron chi connectivity index (χ0n) is 8.32. The predicted molar refractivity (Wildman–Crippen MR) is 55.4 cm³/mol. The van der Waals surface area contributed by atoms with Crippen molar-refractivity contribution in [2.45, 2.75) is 24.7 Å². The fraction of sp³-hybridized carbons (Fsp3) is 0.300. The van der Waals surface area contributed by atoms with Gasteiger partial charge in [0.25, 0.3) is 10.0 Å². The van der Waals surface area contributed by atoms with Crippen LogP contribution in [0, 0.1) is 18.3 Å². The SMILES string of the molecule is Cc1ccc(S([NH])(=O)=O)c(CCC#N)c1. The summed E-state index contributed by atoms with van der Waals surface area (Å²) in [4.78, 5) is 0.00310. The van der Waals surface area contributed by atoms with Crippen LogP contribution in [0.5, 0.6) is 0 Å². The number of nitriles is 1. The molecule has 1 aromatic rings. The van der Waals surface area contributed by atoms with E-state index in [9.17, 15) is 8.42 Å². The number of benzene rings is 1. The van der Waals surface area contributed by atoms with E-state index < -0.39 is 10.0 Å². The first-order valence-corrected chi connectivity index (χ1v) is 5.89. The lowest BCUT2D eigenvalue weighted by Gasteiger charge is -2.06. The van der Waals surface area contributed by atoms with Crippen molar-refractivity contribution >= 4 is 10.0 Å². The molecule has 0 fully saturated rings. The van der Waals surface area contributed by atoms with Crippen molar-refractivity contribution < 1.29 is 8.42 Å². The first kappa shape index (κ1) is 11.7. The third kappa shape index (κ3) is 3.05. The smallest absolute Gasteiger partial charge is 0.206 e. The summed E-state index contributed by atoms with van der Waals surface area (Å²) in [5.41, 5.74) is 1.47. The van der Waals surface area contributed by atoms with Gasteiger partial charge in [0, 0.05) is 6.42 Å². The summed E-state index contributed by atoms with van der Waals surface area (Å²) in [7, 11) is -3.94. The van der Waals surface area contributed by atoms with Crippen LogP contribution >= 0.6 is 0 Å². The Morgan fingerprint density at radius 2 is 2.13 bits per heavy atom. The van der Waals surface area contributed by atoms with E-state index in [-0.39, 0.29) is 11.3 Å². The van der Waals surface area contributed by atoms with Crippen LogP contribution in [0.1, 0.15) is 17.5 Å². The fourth-order valence-electron chi connectivity index (χ4n) is 1.36. The van der Waals surface area contributed by atoms with Crippen LogP contribution in [0.3, 0.4) is 0 Å². The third-order valence-corrected chi connectivity index (χ3v) is 2.99. The Morgan fingerprint density at radius 1 is 1.47 bits per heavy atom. The fourth-order valence-corrected chi connectivity index (χ4v) is 2.11. The highest BCUT2D eigenvalue weighted by Crippen LogP contribution is 2.18. The third-order valence-electron chi connectivity index (χ3n) is 2.01. The van der Waals surface area contributed by atoms with Gasteiger partial charge in [0.15, 0.2) is 0 Å². The Morgan fingerprint density at radius 3 is 2.67 bits per heavy atom. The second-order valence-corrected chi connectivity index (χ2v) is 4.72. The molecule has 0 atom stereocenters. The van der Waals surface area contributed by atoms with E-state index in [0.717, 1.165) is 5.56 Å². The summed E-state index contributed by atoms with van der Waals surface area (Å²) in [6.07, 6.45) is 0.623. The predicted octanol–water partition coefficient (Wildman–Crippen LogP) is 1.42. The molecule has 1 radical (unpaired) electrons. The second kappa shape index (κ2) is 4.43. The minimum Gasteiger partial charge on any atom is -0.206 e. The van der Waals surface area contributed by atoms with Gasteiger partial charge in [0.2, 0.25) is 0 Å². The maximum absolute atomic E-state index is 11.1. The molecule has 0 saturated carbocycles. The normalized spacial score (nSPS) is 11.0. The first-order valence-electron chi connectivity index (χ1n) is 4.41. The lowest BCUT2D eigenvalue weighted by atomic mass is 10.1. The van der Waals surface area contributed by atoms with E-state index in [1.165, 1.54) is 6.07 Å². The number of rotatable bonds is 3. The molecule has 0 aromatic heterocycles. The molecule has 0 aliphatic heterocycles. The highest BCUT2D eigenvalue weighted by atomic mass is 32.2. The molecule has 5 heteroatoms. The minimum absolute atomic E-state index is 0.00310. The summed E-state index contributed by atoms with van der Waals surface area (Å²) >= 11 is 0. The molecule has 0 aliphatic rings. The zero-order valence-corrected chi connectivity index (χ0v) is 9.13. The van der Waals surface area contributed by atoms with E-state index in [2.05, 4.69) is 0 Å². The lowest BCUT2D eigenvalue weighted by molar-refractivity contribution is 0.595. The summed E-state index contributed by atoms with van der Waals surface area (Å²) < 4.78 is 22.2. The molecule has 1 N–H and O–H groups in total. The lowest BCUT2D eigenvalue weighted by Crippen LogP contribution is -2.05. The Hall–Kier alpha value is -1.38. The topological polar surface area (TPSA) is 81.7 Å².